The molecule has 0 radical (unpaired) electrons. The van der Waals surface area contributed by atoms with Gasteiger partial charge in [-0.1, -0.05) is 17.7 Å². The molecule has 10 heavy (non-hydrogen) atoms. The molecule has 0 aliphatic carbocycles. The van der Waals surface area contributed by atoms with Crippen LogP contribution in [-0.2, 0) is 4.79 Å². The third-order valence-electron chi connectivity index (χ3n) is 0.952. The summed E-state index contributed by atoms with van der Waals surface area (Å²) in [5.74, 6) is -0.0472. The second kappa shape index (κ2) is 5.85. The number of amides is 1. The van der Waals surface area contributed by atoms with Gasteiger partial charge >= 0.3 is 0 Å². The van der Waals surface area contributed by atoms with E-state index in [2.05, 4.69) is 5.32 Å². The molecule has 5 heteroatoms. The van der Waals surface area contributed by atoms with Crippen LogP contribution in [0.25, 0.3) is 0 Å². The number of rotatable bonds is 4. The first-order valence-electron chi connectivity index (χ1n) is 2.85. The highest BCUT2D eigenvalue weighted by Gasteiger charge is 2.07. The Hall–Kier alpha value is 0.1000. The molecule has 1 amide bonds. The number of hydrogen-bond donors (Lipinski definition) is 1. The molecule has 1 atom stereocenters. The highest BCUT2D eigenvalue weighted by Crippen LogP contribution is 2.28. The van der Waals surface area contributed by atoms with Crippen LogP contribution < -0.4 is 5.32 Å². The van der Waals surface area contributed by atoms with E-state index >= 15 is 0 Å². The van der Waals surface area contributed by atoms with Crippen molar-refractivity contribution in [2.24, 2.45) is 0 Å². The number of carbonyl (C=O) groups excluding carboxylic acids is 1. The Morgan fingerprint density at radius 2 is 2.40 bits per heavy atom. The van der Waals surface area contributed by atoms with Gasteiger partial charge in [-0.3, -0.25) is 4.79 Å². The maximum atomic E-state index is 11.5. The fourth-order valence-electron chi connectivity index (χ4n) is 0.459. The second-order valence-corrected chi connectivity index (χ2v) is 3.93. The van der Waals surface area contributed by atoms with Gasteiger partial charge in [-0.2, -0.15) is 3.89 Å². The Balaban J connectivity index is 3.37. The summed E-state index contributed by atoms with van der Waals surface area (Å²) in [6.45, 7) is 1.81. The number of hydrogen-bond acceptors (Lipinski definition) is 3. The molecule has 0 saturated heterocycles. The van der Waals surface area contributed by atoms with Crippen LogP contribution in [0.5, 0.6) is 0 Å². The van der Waals surface area contributed by atoms with Gasteiger partial charge in [0.05, 0.1) is 0 Å². The third-order valence-corrected chi connectivity index (χ3v) is 2.72. The van der Waals surface area contributed by atoms with Gasteiger partial charge in [0.1, 0.15) is 11.2 Å². The maximum absolute atomic E-state index is 11.5. The van der Waals surface area contributed by atoms with Crippen LogP contribution in [0.3, 0.4) is 0 Å². The average molecular weight is 183 g/mol. The lowest BCUT2D eigenvalue weighted by atomic mass is 10.3. The van der Waals surface area contributed by atoms with Crippen LogP contribution in [0, 0.1) is 0 Å². The van der Waals surface area contributed by atoms with E-state index < -0.39 is 0 Å². The molecule has 0 aromatic carbocycles. The lowest BCUT2D eigenvalue weighted by Crippen LogP contribution is -2.20. The molecule has 2 nitrogen and oxygen atoms in total. The Kier molecular flexibility index (Phi) is 5.91. The van der Waals surface area contributed by atoms with Gasteiger partial charge < -0.3 is 5.32 Å². The van der Waals surface area contributed by atoms with Crippen LogP contribution in [0.1, 0.15) is 13.3 Å². The molecule has 60 valence electrons. The lowest BCUT2D eigenvalue weighted by Gasteiger charge is -2.04. The van der Waals surface area contributed by atoms with E-state index in [-0.39, 0.29) is 22.3 Å². The second-order valence-electron chi connectivity index (χ2n) is 1.85. The Morgan fingerprint density at radius 1 is 1.80 bits per heavy atom. The van der Waals surface area contributed by atoms with Gasteiger partial charge in [-0.15, -0.1) is 0 Å². The predicted molar refractivity (Wildman–Crippen MR) is 44.4 cm³/mol. The zero-order valence-corrected chi connectivity index (χ0v) is 7.52. The summed E-state index contributed by atoms with van der Waals surface area (Å²) in [5.41, 5.74) is 0. The maximum Gasteiger partial charge on any atom is 0.220 e. The number of halogens is 1. The molecule has 0 bridgehead atoms. The molecule has 0 rings (SSSR count). The van der Waals surface area contributed by atoms with Crippen molar-refractivity contribution in [1.29, 1.82) is 0 Å². The van der Waals surface area contributed by atoms with Crippen LogP contribution in [-0.4, -0.2) is 18.2 Å². The summed E-state index contributed by atoms with van der Waals surface area (Å²) in [7, 11) is 2.64. The zero-order valence-electron chi connectivity index (χ0n) is 5.89. The summed E-state index contributed by atoms with van der Waals surface area (Å²) in [4.78, 5) is 10.6. The van der Waals surface area contributed by atoms with Crippen LogP contribution >= 0.6 is 22.0 Å². The topological polar surface area (TPSA) is 29.1 Å². The normalized spacial score (nSPS) is 12.7. The van der Waals surface area contributed by atoms with Gasteiger partial charge in [-0.25, -0.2) is 0 Å². The van der Waals surface area contributed by atoms with Gasteiger partial charge in [0.2, 0.25) is 5.91 Å². The van der Waals surface area contributed by atoms with Crippen molar-refractivity contribution in [3.05, 3.63) is 0 Å². The molecule has 0 aromatic rings. The van der Waals surface area contributed by atoms with Crippen LogP contribution in [0.15, 0.2) is 0 Å². The molecule has 0 fully saturated rings. The minimum Gasteiger partial charge on any atom is -0.359 e. The fourth-order valence-corrected chi connectivity index (χ4v) is 1.38. The number of carbonyl (C=O) groups is 1. The predicted octanol–water partition coefficient (Wildman–Crippen LogP) is 1.78. The molecular formula is C5H10FNOS2. The molecule has 1 unspecified atom stereocenters. The van der Waals surface area contributed by atoms with Crippen molar-refractivity contribution in [1.82, 2.24) is 5.32 Å². The van der Waals surface area contributed by atoms with Crippen molar-refractivity contribution in [3.63, 3.8) is 0 Å². The van der Waals surface area contributed by atoms with E-state index in [1.54, 1.807) is 7.05 Å². The van der Waals surface area contributed by atoms with Crippen LogP contribution in [0.4, 0.5) is 3.89 Å². The summed E-state index contributed by atoms with van der Waals surface area (Å²) in [5, 5.41) is 2.51. The Labute approximate surface area is 68.0 Å². The van der Waals surface area contributed by atoms with Crippen LogP contribution in [0.2, 0.25) is 0 Å². The van der Waals surface area contributed by atoms with Crippen molar-refractivity contribution < 1.29 is 8.68 Å². The van der Waals surface area contributed by atoms with Gasteiger partial charge in [0, 0.05) is 18.7 Å². The monoisotopic (exact) mass is 183 g/mol. The largest absolute Gasteiger partial charge is 0.359 e. The van der Waals surface area contributed by atoms with Gasteiger partial charge in [0.25, 0.3) is 0 Å². The van der Waals surface area contributed by atoms with E-state index in [1.807, 2.05) is 6.92 Å². The van der Waals surface area contributed by atoms with Crippen molar-refractivity contribution in [2.75, 3.05) is 7.05 Å². The Morgan fingerprint density at radius 3 is 2.80 bits per heavy atom. The quantitative estimate of drug-likeness (QED) is 0.674. The Bertz CT molecular complexity index is 112. The summed E-state index contributed by atoms with van der Waals surface area (Å²) in [6, 6.07) is 0. The molecule has 0 aliphatic rings. The smallest absolute Gasteiger partial charge is 0.220 e. The van der Waals surface area contributed by atoms with Crippen molar-refractivity contribution in [3.8, 4) is 0 Å². The van der Waals surface area contributed by atoms with E-state index in [0.29, 0.717) is 6.42 Å². The average Bonchev–Trinajstić information content (AvgIpc) is 1.88. The molecule has 0 aliphatic heterocycles. The van der Waals surface area contributed by atoms with E-state index in [1.165, 1.54) is 0 Å². The summed E-state index contributed by atoms with van der Waals surface area (Å²) in [6.07, 6.45) is 0.373. The highest BCUT2D eigenvalue weighted by atomic mass is 33.1. The number of nitrogens with one attached hydrogen (secondary N) is 1. The highest BCUT2D eigenvalue weighted by molar-refractivity contribution is 8.75. The minimum absolute atomic E-state index is 0.0370. The van der Waals surface area contributed by atoms with Crippen molar-refractivity contribution >= 4 is 27.9 Å². The first-order chi connectivity index (χ1) is 4.70. The molecule has 0 aromatic heterocycles. The lowest BCUT2D eigenvalue weighted by molar-refractivity contribution is -0.120. The minimum atomic E-state index is -0.0472. The first kappa shape index (κ1) is 10.1. The van der Waals surface area contributed by atoms with Gasteiger partial charge in [0.15, 0.2) is 0 Å². The fraction of sp³-hybridized carbons (Fsp3) is 0.800. The van der Waals surface area contributed by atoms with E-state index in [0.717, 1.165) is 10.8 Å². The van der Waals surface area contributed by atoms with Crippen molar-refractivity contribution in [2.45, 2.75) is 18.6 Å². The molecule has 0 spiro atoms. The summed E-state index contributed by atoms with van der Waals surface area (Å²) < 4.78 is 11.5. The standard InChI is InChI=1S/C5H10FNOS2/c1-4(9-10-6)3-5(8)7-2/h4H,3H2,1-2H3,(H,7,8). The molecular weight excluding hydrogens is 173 g/mol. The zero-order chi connectivity index (χ0) is 7.98. The van der Waals surface area contributed by atoms with Gasteiger partial charge in [-0.05, 0) is 0 Å². The van der Waals surface area contributed by atoms with E-state index in [4.69, 9.17) is 0 Å². The first-order valence-corrected chi connectivity index (χ1v) is 4.96. The molecule has 1 N–H and O–H groups in total. The molecule has 0 heterocycles. The molecule has 0 saturated carbocycles. The third kappa shape index (κ3) is 4.93. The SMILES string of the molecule is CNC(=O)CC(C)SSF. The summed E-state index contributed by atoms with van der Waals surface area (Å²) >= 11 is 0.199. The van der Waals surface area contributed by atoms with E-state index in [9.17, 15) is 8.68 Å².